The van der Waals surface area contributed by atoms with Gasteiger partial charge in [-0.05, 0) is 45.7 Å². The lowest BCUT2D eigenvalue weighted by Crippen LogP contribution is -2.49. The van der Waals surface area contributed by atoms with Crippen LogP contribution in [-0.2, 0) is 0 Å². The van der Waals surface area contributed by atoms with Gasteiger partial charge in [-0.15, -0.1) is 0 Å². The fourth-order valence-electron chi connectivity index (χ4n) is 1.99. The largest absolute Gasteiger partial charge is 0.346 e. The van der Waals surface area contributed by atoms with Gasteiger partial charge in [-0.3, -0.25) is 4.79 Å². The first kappa shape index (κ1) is 15.2. The predicted molar refractivity (Wildman–Crippen MR) is 80.6 cm³/mol. The molecule has 18 heavy (non-hydrogen) atoms. The molecule has 0 spiro atoms. The Morgan fingerprint density at radius 1 is 1.22 bits per heavy atom. The molecule has 1 N–H and O–H groups in total. The number of carbonyl (C=O) groups excluding carboxylic acids is 1. The number of rotatable bonds is 3. The van der Waals surface area contributed by atoms with Crippen LogP contribution in [-0.4, -0.2) is 16.3 Å². The zero-order chi connectivity index (χ0) is 14.1. The molecule has 1 unspecified atom stereocenters. The number of benzene rings is 1. The Kier molecular flexibility index (Phi) is 4.60. The van der Waals surface area contributed by atoms with E-state index in [0.29, 0.717) is 0 Å². The van der Waals surface area contributed by atoms with Gasteiger partial charge in [-0.25, -0.2) is 0 Å². The quantitative estimate of drug-likeness (QED) is 0.843. The van der Waals surface area contributed by atoms with Crippen LogP contribution in [0, 0.1) is 20.8 Å². The fraction of sp³-hybridized carbons (Fsp3) is 0.533. The van der Waals surface area contributed by atoms with Crippen LogP contribution in [0.4, 0.5) is 0 Å². The normalized spacial score (nSPS) is 13.3. The van der Waals surface area contributed by atoms with Crippen LogP contribution in [0.3, 0.4) is 0 Å². The van der Waals surface area contributed by atoms with E-state index in [2.05, 4.69) is 21.2 Å². The van der Waals surface area contributed by atoms with Gasteiger partial charge < -0.3 is 5.32 Å². The van der Waals surface area contributed by atoms with E-state index in [-0.39, 0.29) is 16.3 Å². The van der Waals surface area contributed by atoms with Gasteiger partial charge in [0.1, 0.15) is 0 Å². The van der Waals surface area contributed by atoms with E-state index in [4.69, 9.17) is 0 Å². The average Bonchev–Trinajstić information content (AvgIpc) is 2.13. The van der Waals surface area contributed by atoms with Gasteiger partial charge in [0.25, 0.3) is 5.91 Å². The second kappa shape index (κ2) is 5.43. The SMILES string of the molecule is Cc1cc(C)c(C(=O)NC(C)(C)C(C)Br)c(C)c1. The summed E-state index contributed by atoms with van der Waals surface area (Å²) in [4.78, 5) is 12.6. The molecule has 0 aliphatic heterocycles. The van der Waals surface area contributed by atoms with E-state index in [9.17, 15) is 4.79 Å². The number of hydrogen-bond acceptors (Lipinski definition) is 1. The highest BCUT2D eigenvalue weighted by atomic mass is 79.9. The van der Waals surface area contributed by atoms with Gasteiger partial charge in [-0.2, -0.15) is 0 Å². The zero-order valence-corrected chi connectivity index (χ0v) is 13.6. The zero-order valence-electron chi connectivity index (χ0n) is 12.0. The number of aryl methyl sites for hydroxylation is 3. The molecular formula is C15H22BrNO. The van der Waals surface area contributed by atoms with Crippen molar-refractivity contribution < 1.29 is 4.79 Å². The van der Waals surface area contributed by atoms with Gasteiger partial charge in [0, 0.05) is 15.9 Å². The molecule has 100 valence electrons. The Morgan fingerprint density at radius 2 is 1.67 bits per heavy atom. The Hall–Kier alpha value is -0.830. The van der Waals surface area contributed by atoms with E-state index in [1.807, 2.05) is 53.7 Å². The van der Waals surface area contributed by atoms with Crippen molar-refractivity contribution in [3.8, 4) is 0 Å². The van der Waals surface area contributed by atoms with Crippen LogP contribution in [0.2, 0.25) is 0 Å². The maximum Gasteiger partial charge on any atom is 0.252 e. The first-order chi connectivity index (χ1) is 8.15. The van der Waals surface area contributed by atoms with Crippen molar-refractivity contribution >= 4 is 21.8 Å². The molecule has 0 aliphatic carbocycles. The van der Waals surface area contributed by atoms with Gasteiger partial charge >= 0.3 is 0 Å². The summed E-state index contributed by atoms with van der Waals surface area (Å²) in [7, 11) is 0. The minimum atomic E-state index is -0.277. The topological polar surface area (TPSA) is 29.1 Å². The lowest BCUT2D eigenvalue weighted by atomic mass is 9.96. The first-order valence-corrected chi connectivity index (χ1v) is 7.11. The number of nitrogens with one attached hydrogen (secondary N) is 1. The Labute approximate surface area is 118 Å². The highest BCUT2D eigenvalue weighted by Crippen LogP contribution is 2.20. The number of amides is 1. The molecule has 1 aromatic rings. The third-order valence-electron chi connectivity index (χ3n) is 3.33. The van der Waals surface area contributed by atoms with Crippen LogP contribution >= 0.6 is 15.9 Å². The fourth-order valence-corrected chi connectivity index (χ4v) is 2.11. The molecule has 0 saturated heterocycles. The van der Waals surface area contributed by atoms with Gasteiger partial charge in [0.2, 0.25) is 0 Å². The van der Waals surface area contributed by atoms with Gasteiger partial charge in [0.05, 0.1) is 0 Å². The number of halogens is 1. The van der Waals surface area contributed by atoms with Crippen molar-refractivity contribution in [1.82, 2.24) is 5.32 Å². The molecule has 1 aromatic carbocycles. The molecule has 0 heterocycles. The van der Waals surface area contributed by atoms with Gasteiger partial charge in [-0.1, -0.05) is 40.5 Å². The molecule has 1 rings (SSSR count). The maximum absolute atomic E-state index is 12.4. The van der Waals surface area contributed by atoms with E-state index in [0.717, 1.165) is 16.7 Å². The molecule has 1 amide bonds. The standard InChI is InChI=1S/C15H22BrNO/c1-9-7-10(2)13(11(3)8-9)14(18)17-15(5,6)12(4)16/h7-8,12H,1-6H3,(H,17,18). The van der Waals surface area contributed by atoms with Crippen LogP contribution < -0.4 is 5.32 Å². The smallest absolute Gasteiger partial charge is 0.252 e. The highest BCUT2D eigenvalue weighted by Gasteiger charge is 2.27. The monoisotopic (exact) mass is 311 g/mol. The summed E-state index contributed by atoms with van der Waals surface area (Å²) < 4.78 is 0. The molecule has 2 nitrogen and oxygen atoms in total. The molecule has 0 aromatic heterocycles. The van der Waals surface area contributed by atoms with Crippen molar-refractivity contribution in [3.63, 3.8) is 0 Å². The van der Waals surface area contributed by atoms with E-state index >= 15 is 0 Å². The molecule has 3 heteroatoms. The number of hydrogen-bond donors (Lipinski definition) is 1. The maximum atomic E-state index is 12.4. The van der Waals surface area contributed by atoms with E-state index in [1.165, 1.54) is 5.56 Å². The van der Waals surface area contributed by atoms with Crippen LogP contribution in [0.5, 0.6) is 0 Å². The molecule has 0 saturated carbocycles. The van der Waals surface area contributed by atoms with E-state index < -0.39 is 0 Å². The van der Waals surface area contributed by atoms with Crippen molar-refractivity contribution in [3.05, 3.63) is 34.4 Å². The summed E-state index contributed by atoms with van der Waals surface area (Å²) in [5.74, 6) is 0.00120. The Bertz CT molecular complexity index is 441. The average molecular weight is 312 g/mol. The van der Waals surface area contributed by atoms with Crippen molar-refractivity contribution in [2.75, 3.05) is 0 Å². The van der Waals surface area contributed by atoms with Crippen molar-refractivity contribution in [2.45, 2.75) is 51.9 Å². The second-order valence-electron chi connectivity index (χ2n) is 5.57. The van der Waals surface area contributed by atoms with Crippen LogP contribution in [0.25, 0.3) is 0 Å². The first-order valence-electron chi connectivity index (χ1n) is 6.19. The summed E-state index contributed by atoms with van der Waals surface area (Å²) in [6.45, 7) is 12.1. The predicted octanol–water partition coefficient (Wildman–Crippen LogP) is 3.90. The minimum absolute atomic E-state index is 0.00120. The highest BCUT2D eigenvalue weighted by molar-refractivity contribution is 9.09. The van der Waals surface area contributed by atoms with Crippen molar-refractivity contribution in [1.29, 1.82) is 0 Å². The molecular weight excluding hydrogens is 290 g/mol. The number of alkyl halides is 1. The lowest BCUT2D eigenvalue weighted by molar-refractivity contribution is 0.0912. The second-order valence-corrected chi connectivity index (χ2v) is 6.94. The third-order valence-corrected chi connectivity index (χ3v) is 4.48. The Morgan fingerprint density at radius 3 is 2.06 bits per heavy atom. The Balaban J connectivity index is 3.06. The lowest BCUT2D eigenvalue weighted by Gasteiger charge is -2.30. The summed E-state index contributed by atoms with van der Waals surface area (Å²) >= 11 is 3.53. The summed E-state index contributed by atoms with van der Waals surface area (Å²) in [5, 5.41) is 3.09. The molecule has 0 fully saturated rings. The van der Waals surface area contributed by atoms with Crippen LogP contribution in [0.15, 0.2) is 12.1 Å². The van der Waals surface area contributed by atoms with Crippen molar-refractivity contribution in [2.24, 2.45) is 0 Å². The number of carbonyl (C=O) groups is 1. The molecule has 1 atom stereocenters. The summed E-state index contributed by atoms with van der Waals surface area (Å²) in [5.41, 5.74) is 3.77. The molecule has 0 bridgehead atoms. The van der Waals surface area contributed by atoms with Crippen LogP contribution in [0.1, 0.15) is 47.8 Å². The molecule has 0 aliphatic rings. The third kappa shape index (κ3) is 3.35. The van der Waals surface area contributed by atoms with E-state index in [1.54, 1.807) is 0 Å². The van der Waals surface area contributed by atoms with Gasteiger partial charge in [0.15, 0.2) is 0 Å². The molecule has 0 radical (unpaired) electrons. The minimum Gasteiger partial charge on any atom is -0.346 e. The summed E-state index contributed by atoms with van der Waals surface area (Å²) in [6, 6.07) is 4.10. The summed E-state index contributed by atoms with van der Waals surface area (Å²) in [6.07, 6.45) is 0.